The van der Waals surface area contributed by atoms with E-state index < -0.39 is 0 Å². The Morgan fingerprint density at radius 1 is 1.04 bits per heavy atom. The second-order valence-electron chi connectivity index (χ2n) is 6.38. The minimum absolute atomic E-state index is 0.753. The zero-order chi connectivity index (χ0) is 17.8. The Bertz CT molecular complexity index is 875. The number of hydrogen-bond donors (Lipinski definition) is 0. The van der Waals surface area contributed by atoms with E-state index in [0.717, 1.165) is 41.8 Å². The summed E-state index contributed by atoms with van der Waals surface area (Å²) in [7, 11) is 0. The summed E-state index contributed by atoms with van der Waals surface area (Å²) in [6.45, 7) is 3.75. The van der Waals surface area contributed by atoms with Crippen LogP contribution < -0.4 is 0 Å². The summed E-state index contributed by atoms with van der Waals surface area (Å²) in [6, 6.07) is 14.7. The molecule has 0 saturated carbocycles. The molecule has 1 saturated heterocycles. The molecule has 4 rings (SSSR count). The summed E-state index contributed by atoms with van der Waals surface area (Å²) in [4.78, 5) is 3.63. The van der Waals surface area contributed by atoms with Gasteiger partial charge in [-0.05, 0) is 41.4 Å². The lowest BCUT2D eigenvalue weighted by molar-refractivity contribution is 0.221. The minimum Gasteiger partial charge on any atom is -0.295 e. The fourth-order valence-electron chi connectivity index (χ4n) is 3.16. The van der Waals surface area contributed by atoms with Crippen molar-refractivity contribution in [3.63, 3.8) is 0 Å². The average molecular weight is 403 g/mol. The maximum Gasteiger partial charge on any atom is 0.199 e. The van der Waals surface area contributed by atoms with E-state index in [0.29, 0.717) is 0 Å². The van der Waals surface area contributed by atoms with Gasteiger partial charge < -0.3 is 0 Å². The van der Waals surface area contributed by atoms with Gasteiger partial charge in [0.15, 0.2) is 10.6 Å². The van der Waals surface area contributed by atoms with Crippen LogP contribution in [0.15, 0.2) is 47.8 Å². The van der Waals surface area contributed by atoms with Crippen LogP contribution in [0.25, 0.3) is 10.7 Å². The summed E-state index contributed by atoms with van der Waals surface area (Å²) in [5.41, 5.74) is 1.24. The summed E-state index contributed by atoms with van der Waals surface area (Å²) < 4.78 is 4.97. The van der Waals surface area contributed by atoms with Crippen LogP contribution in [0.5, 0.6) is 0 Å². The van der Waals surface area contributed by atoms with Crippen LogP contribution in [0.1, 0.15) is 12.0 Å². The van der Waals surface area contributed by atoms with Gasteiger partial charge in [-0.2, -0.15) is 11.8 Å². The number of rotatable bonds is 5. The van der Waals surface area contributed by atoms with E-state index in [-0.39, 0.29) is 0 Å². The summed E-state index contributed by atoms with van der Waals surface area (Å²) >= 11 is 9.58. The normalized spacial score (nSPS) is 15.8. The lowest BCUT2D eigenvalue weighted by Gasteiger charge is -2.18. The predicted octanol–water partition coefficient (Wildman–Crippen LogP) is 4.59. The number of benzene rings is 1. The molecular formula is C19H22N4S3. The van der Waals surface area contributed by atoms with Gasteiger partial charge in [-0.3, -0.25) is 9.47 Å². The first-order chi connectivity index (χ1) is 12.8. The Balaban J connectivity index is 1.67. The van der Waals surface area contributed by atoms with Crippen molar-refractivity contribution in [1.82, 2.24) is 19.2 Å². The van der Waals surface area contributed by atoms with Gasteiger partial charge in [0.1, 0.15) is 0 Å². The second-order valence-corrected chi connectivity index (χ2v) is 8.92. The Morgan fingerprint density at radius 2 is 1.92 bits per heavy atom. The molecule has 0 bridgehead atoms. The molecule has 0 unspecified atom stereocenters. The van der Waals surface area contributed by atoms with Crippen LogP contribution in [0.3, 0.4) is 0 Å². The van der Waals surface area contributed by atoms with Crippen molar-refractivity contribution in [2.45, 2.75) is 19.6 Å². The standard InChI is InChI=1S/C19H22N4S3/c24-19-22(14-16-6-2-1-3-7-16)18(17-8-4-12-26-17)20-23(19)15-21-9-5-11-25-13-10-21/h1-4,6-8,12H,5,9-11,13-15H2. The first-order valence-corrected chi connectivity index (χ1v) is 11.3. The van der Waals surface area contributed by atoms with E-state index >= 15 is 0 Å². The van der Waals surface area contributed by atoms with Crippen molar-refractivity contribution in [3.8, 4) is 10.7 Å². The van der Waals surface area contributed by atoms with Crippen LogP contribution in [-0.4, -0.2) is 43.8 Å². The summed E-state index contributed by atoms with van der Waals surface area (Å²) in [6.07, 6.45) is 1.24. The Labute approximate surface area is 167 Å². The van der Waals surface area contributed by atoms with Gasteiger partial charge in [0.2, 0.25) is 0 Å². The number of thioether (sulfide) groups is 1. The average Bonchev–Trinajstić information content (AvgIpc) is 3.20. The minimum atomic E-state index is 0.753. The lowest BCUT2D eigenvalue weighted by atomic mass is 10.2. The van der Waals surface area contributed by atoms with E-state index in [2.05, 4.69) is 51.2 Å². The molecular weight excluding hydrogens is 380 g/mol. The Kier molecular flexibility index (Phi) is 5.89. The molecule has 1 aliphatic heterocycles. The number of aromatic nitrogens is 3. The highest BCUT2D eigenvalue weighted by Gasteiger charge is 2.17. The lowest BCUT2D eigenvalue weighted by Crippen LogP contribution is -2.29. The Morgan fingerprint density at radius 3 is 2.73 bits per heavy atom. The molecule has 0 atom stereocenters. The monoisotopic (exact) mass is 402 g/mol. The molecule has 1 fully saturated rings. The van der Waals surface area contributed by atoms with E-state index in [1.807, 2.05) is 22.5 Å². The quantitative estimate of drug-likeness (QED) is 0.583. The molecule has 3 aromatic rings. The molecule has 0 aliphatic carbocycles. The highest BCUT2D eigenvalue weighted by molar-refractivity contribution is 7.99. The van der Waals surface area contributed by atoms with Crippen LogP contribution in [0, 0.1) is 4.77 Å². The zero-order valence-electron chi connectivity index (χ0n) is 14.6. The topological polar surface area (TPSA) is 26.0 Å². The maximum atomic E-state index is 5.82. The highest BCUT2D eigenvalue weighted by atomic mass is 32.2. The van der Waals surface area contributed by atoms with Gasteiger partial charge >= 0.3 is 0 Å². The van der Waals surface area contributed by atoms with Gasteiger partial charge in [0.25, 0.3) is 0 Å². The van der Waals surface area contributed by atoms with Crippen molar-refractivity contribution < 1.29 is 0 Å². The van der Waals surface area contributed by atoms with Crippen LogP contribution in [-0.2, 0) is 13.2 Å². The number of nitrogens with zero attached hydrogens (tertiary/aromatic N) is 4. The fraction of sp³-hybridized carbons (Fsp3) is 0.368. The smallest absolute Gasteiger partial charge is 0.199 e. The first-order valence-electron chi connectivity index (χ1n) is 8.87. The predicted molar refractivity (Wildman–Crippen MR) is 113 cm³/mol. The third kappa shape index (κ3) is 4.11. The van der Waals surface area contributed by atoms with E-state index in [1.54, 1.807) is 11.3 Å². The van der Waals surface area contributed by atoms with Crippen LogP contribution in [0.4, 0.5) is 0 Å². The SMILES string of the molecule is S=c1n(CN2CCCSCC2)nc(-c2cccs2)n1Cc1ccccc1. The third-order valence-electron chi connectivity index (χ3n) is 4.50. The summed E-state index contributed by atoms with van der Waals surface area (Å²) in [5, 5.41) is 7.00. The van der Waals surface area contributed by atoms with Crippen LogP contribution in [0.2, 0.25) is 0 Å². The Hall–Kier alpha value is -1.41. The zero-order valence-corrected chi connectivity index (χ0v) is 17.0. The molecule has 1 aliphatic rings. The molecule has 7 heteroatoms. The molecule has 136 valence electrons. The number of thiophene rings is 1. The molecule has 0 amide bonds. The first kappa shape index (κ1) is 18.0. The van der Waals surface area contributed by atoms with Crippen molar-refractivity contribution in [1.29, 1.82) is 0 Å². The van der Waals surface area contributed by atoms with Gasteiger partial charge in [0.05, 0.1) is 18.1 Å². The van der Waals surface area contributed by atoms with Crippen molar-refractivity contribution in [2.24, 2.45) is 0 Å². The highest BCUT2D eigenvalue weighted by Crippen LogP contribution is 2.25. The molecule has 1 aromatic carbocycles. The van der Waals surface area contributed by atoms with E-state index in [4.69, 9.17) is 17.3 Å². The molecule has 2 aromatic heterocycles. The molecule has 0 radical (unpaired) electrons. The van der Waals surface area contributed by atoms with Crippen molar-refractivity contribution >= 4 is 35.3 Å². The van der Waals surface area contributed by atoms with Gasteiger partial charge in [0, 0.05) is 18.8 Å². The molecule has 0 spiro atoms. The third-order valence-corrected chi connectivity index (χ3v) is 6.84. The van der Waals surface area contributed by atoms with E-state index in [9.17, 15) is 0 Å². The van der Waals surface area contributed by atoms with E-state index in [1.165, 1.54) is 23.5 Å². The van der Waals surface area contributed by atoms with Gasteiger partial charge in [-0.15, -0.1) is 16.4 Å². The molecule has 0 N–H and O–H groups in total. The fourth-order valence-corrected chi connectivity index (χ4v) is 5.05. The maximum absolute atomic E-state index is 5.82. The number of hydrogen-bond acceptors (Lipinski definition) is 5. The molecule has 3 heterocycles. The van der Waals surface area contributed by atoms with Crippen molar-refractivity contribution in [2.75, 3.05) is 24.6 Å². The van der Waals surface area contributed by atoms with Crippen LogP contribution >= 0.6 is 35.3 Å². The van der Waals surface area contributed by atoms with Crippen molar-refractivity contribution in [3.05, 3.63) is 58.2 Å². The second kappa shape index (κ2) is 8.52. The van der Waals surface area contributed by atoms with Gasteiger partial charge in [-0.25, -0.2) is 4.68 Å². The largest absolute Gasteiger partial charge is 0.295 e. The molecule has 4 nitrogen and oxygen atoms in total. The molecule has 26 heavy (non-hydrogen) atoms. The van der Waals surface area contributed by atoms with Gasteiger partial charge in [-0.1, -0.05) is 36.4 Å². The summed E-state index contributed by atoms with van der Waals surface area (Å²) in [5.74, 6) is 3.42.